The number of aromatic nitrogens is 1. The molecule has 0 aliphatic heterocycles. The molecule has 1 aromatic heterocycles. The lowest BCUT2D eigenvalue weighted by molar-refractivity contribution is 0.434. The predicted molar refractivity (Wildman–Crippen MR) is 86.0 cm³/mol. The predicted octanol–water partition coefficient (Wildman–Crippen LogP) is 5.30. The van der Waals surface area contributed by atoms with Gasteiger partial charge >= 0.3 is 0 Å². The zero-order valence-electron chi connectivity index (χ0n) is 12.0. The third kappa shape index (κ3) is 2.52. The number of hydrogen-bond acceptors (Lipinski definition) is 2. The van der Waals surface area contributed by atoms with Gasteiger partial charge in [-0.2, -0.15) is 0 Å². The Morgan fingerprint density at radius 1 is 0.952 bits per heavy atom. The van der Waals surface area contributed by atoms with Gasteiger partial charge in [0.15, 0.2) is 5.76 Å². The van der Waals surface area contributed by atoms with Crippen LogP contribution < -0.4 is 0 Å². The van der Waals surface area contributed by atoms with Crippen LogP contribution in [0.25, 0.3) is 22.6 Å². The van der Waals surface area contributed by atoms with Crippen LogP contribution in [0, 0.1) is 0 Å². The maximum Gasteiger partial charge on any atom is 0.171 e. The first kappa shape index (κ1) is 13.4. The Morgan fingerprint density at radius 3 is 2.10 bits per heavy atom. The topological polar surface area (TPSA) is 26.0 Å². The highest BCUT2D eigenvalue weighted by Crippen LogP contribution is 2.37. The van der Waals surface area contributed by atoms with Crippen molar-refractivity contribution in [1.29, 1.82) is 0 Å². The van der Waals surface area contributed by atoms with Crippen molar-refractivity contribution in [3.8, 4) is 22.6 Å². The second-order valence-electron chi connectivity index (χ2n) is 5.03. The Kier molecular flexibility index (Phi) is 3.69. The van der Waals surface area contributed by atoms with E-state index in [1.54, 1.807) is 0 Å². The first-order chi connectivity index (χ1) is 10.3. The normalized spacial score (nSPS) is 12.0. The molecule has 0 amide bonds. The highest BCUT2D eigenvalue weighted by molar-refractivity contribution is 5.73. The molecule has 3 rings (SSSR count). The van der Waals surface area contributed by atoms with Gasteiger partial charge in [-0.1, -0.05) is 78.8 Å². The summed E-state index contributed by atoms with van der Waals surface area (Å²) >= 11 is 0. The molecular formula is C19H17NO. The molecule has 0 bridgehead atoms. The van der Waals surface area contributed by atoms with Crippen molar-refractivity contribution in [3.05, 3.63) is 78.9 Å². The van der Waals surface area contributed by atoms with E-state index in [9.17, 15) is 0 Å². The summed E-state index contributed by atoms with van der Waals surface area (Å²) in [5, 5.41) is 4.31. The molecule has 0 fully saturated rings. The van der Waals surface area contributed by atoms with E-state index in [1.807, 2.05) is 66.7 Å². The van der Waals surface area contributed by atoms with Crippen molar-refractivity contribution in [1.82, 2.24) is 5.16 Å². The van der Waals surface area contributed by atoms with Gasteiger partial charge in [-0.3, -0.25) is 0 Å². The van der Waals surface area contributed by atoms with Crippen LogP contribution in [0.15, 0.2) is 77.8 Å². The van der Waals surface area contributed by atoms with Gasteiger partial charge in [-0.05, 0) is 0 Å². The van der Waals surface area contributed by atoms with Crippen LogP contribution in [0.2, 0.25) is 0 Å². The van der Waals surface area contributed by atoms with Crippen LogP contribution in [-0.4, -0.2) is 5.16 Å². The lowest BCUT2D eigenvalue weighted by Gasteiger charge is -2.08. The van der Waals surface area contributed by atoms with E-state index >= 15 is 0 Å². The lowest BCUT2D eigenvalue weighted by Crippen LogP contribution is -1.93. The van der Waals surface area contributed by atoms with Gasteiger partial charge in [-0.15, -0.1) is 6.58 Å². The van der Waals surface area contributed by atoms with E-state index in [4.69, 9.17) is 4.52 Å². The number of allylic oxidation sites excluding steroid dienone is 1. The minimum atomic E-state index is 0.168. The molecule has 0 saturated heterocycles. The first-order valence-corrected chi connectivity index (χ1v) is 7.04. The van der Waals surface area contributed by atoms with Gasteiger partial charge in [0.25, 0.3) is 0 Å². The molecule has 2 aromatic carbocycles. The number of nitrogens with zero attached hydrogens (tertiary/aromatic N) is 1. The fourth-order valence-electron chi connectivity index (χ4n) is 2.44. The molecule has 1 atom stereocenters. The van der Waals surface area contributed by atoms with E-state index in [0.717, 1.165) is 28.1 Å². The molecule has 1 heterocycles. The van der Waals surface area contributed by atoms with Crippen LogP contribution in [0.3, 0.4) is 0 Å². The smallest absolute Gasteiger partial charge is 0.171 e. The molecule has 0 N–H and O–H groups in total. The second-order valence-corrected chi connectivity index (χ2v) is 5.03. The van der Waals surface area contributed by atoms with E-state index in [-0.39, 0.29) is 5.92 Å². The molecular weight excluding hydrogens is 258 g/mol. The van der Waals surface area contributed by atoms with Crippen molar-refractivity contribution in [3.63, 3.8) is 0 Å². The summed E-state index contributed by atoms with van der Waals surface area (Å²) in [6.07, 6.45) is 1.92. The van der Waals surface area contributed by atoms with Crippen LogP contribution in [0.5, 0.6) is 0 Å². The fourth-order valence-corrected chi connectivity index (χ4v) is 2.44. The summed E-state index contributed by atoms with van der Waals surface area (Å²) in [7, 11) is 0. The molecule has 0 aliphatic carbocycles. The van der Waals surface area contributed by atoms with Crippen LogP contribution in [-0.2, 0) is 0 Å². The Labute approximate surface area is 124 Å². The van der Waals surface area contributed by atoms with Gasteiger partial charge in [-0.25, -0.2) is 0 Å². The van der Waals surface area contributed by atoms with E-state index in [0.29, 0.717) is 0 Å². The van der Waals surface area contributed by atoms with Gasteiger partial charge in [0.05, 0.1) is 0 Å². The van der Waals surface area contributed by atoms with Gasteiger partial charge < -0.3 is 4.52 Å². The minimum absolute atomic E-state index is 0.168. The molecule has 0 spiro atoms. The highest BCUT2D eigenvalue weighted by Gasteiger charge is 2.21. The van der Waals surface area contributed by atoms with Crippen molar-refractivity contribution in [2.24, 2.45) is 0 Å². The first-order valence-electron chi connectivity index (χ1n) is 7.04. The molecule has 104 valence electrons. The van der Waals surface area contributed by atoms with E-state index < -0.39 is 0 Å². The molecule has 0 radical (unpaired) electrons. The van der Waals surface area contributed by atoms with Crippen LogP contribution >= 0.6 is 0 Å². The Morgan fingerprint density at radius 2 is 1.52 bits per heavy atom. The van der Waals surface area contributed by atoms with Crippen LogP contribution in [0.1, 0.15) is 18.4 Å². The maximum atomic E-state index is 5.66. The Balaban J connectivity index is 2.19. The Hall–Kier alpha value is -2.61. The van der Waals surface area contributed by atoms with Gasteiger partial charge in [0.1, 0.15) is 5.69 Å². The summed E-state index contributed by atoms with van der Waals surface area (Å²) in [5.41, 5.74) is 4.08. The molecule has 1 unspecified atom stereocenters. The SMILES string of the molecule is C=CC(C)c1c(-c2ccccc2)noc1-c1ccccc1. The van der Waals surface area contributed by atoms with E-state index in [2.05, 4.69) is 18.7 Å². The average Bonchev–Trinajstić information content (AvgIpc) is 3.00. The number of rotatable bonds is 4. The molecule has 3 aromatic rings. The monoisotopic (exact) mass is 275 g/mol. The second kappa shape index (κ2) is 5.80. The largest absolute Gasteiger partial charge is 0.355 e. The number of benzene rings is 2. The number of hydrogen-bond donors (Lipinski definition) is 0. The van der Waals surface area contributed by atoms with Gasteiger partial charge in [0.2, 0.25) is 0 Å². The molecule has 2 nitrogen and oxygen atoms in total. The summed E-state index contributed by atoms with van der Waals surface area (Å²) in [4.78, 5) is 0. The molecule has 0 aliphatic rings. The van der Waals surface area contributed by atoms with Crippen LogP contribution in [0.4, 0.5) is 0 Å². The zero-order valence-corrected chi connectivity index (χ0v) is 12.0. The van der Waals surface area contributed by atoms with Gasteiger partial charge in [0, 0.05) is 22.6 Å². The van der Waals surface area contributed by atoms with Crippen molar-refractivity contribution < 1.29 is 4.52 Å². The lowest BCUT2D eigenvalue weighted by atomic mass is 9.93. The minimum Gasteiger partial charge on any atom is -0.355 e. The average molecular weight is 275 g/mol. The summed E-state index contributed by atoms with van der Waals surface area (Å²) in [6.45, 7) is 6.03. The molecule has 0 saturated carbocycles. The Bertz CT molecular complexity index is 672. The third-order valence-corrected chi connectivity index (χ3v) is 3.62. The molecule has 2 heteroatoms. The van der Waals surface area contributed by atoms with Crippen molar-refractivity contribution in [2.75, 3.05) is 0 Å². The van der Waals surface area contributed by atoms with Crippen molar-refractivity contribution in [2.45, 2.75) is 12.8 Å². The standard InChI is InChI=1S/C19H17NO/c1-3-14(2)17-18(15-10-6-4-7-11-15)20-21-19(17)16-12-8-5-9-13-16/h3-14H,1H2,2H3. The quantitative estimate of drug-likeness (QED) is 0.604. The summed E-state index contributed by atoms with van der Waals surface area (Å²) < 4.78 is 5.66. The van der Waals surface area contributed by atoms with E-state index in [1.165, 1.54) is 0 Å². The maximum absolute atomic E-state index is 5.66. The zero-order chi connectivity index (χ0) is 14.7. The summed E-state index contributed by atoms with van der Waals surface area (Å²) in [5.74, 6) is 0.989. The van der Waals surface area contributed by atoms with Crippen molar-refractivity contribution >= 4 is 0 Å². The third-order valence-electron chi connectivity index (χ3n) is 3.62. The summed E-state index contributed by atoms with van der Waals surface area (Å²) in [6, 6.07) is 20.2. The fraction of sp³-hybridized carbons (Fsp3) is 0.105. The molecule has 21 heavy (non-hydrogen) atoms. The highest BCUT2D eigenvalue weighted by atomic mass is 16.5.